The average Bonchev–Trinajstić information content (AvgIpc) is 2.43. The fourth-order valence-electron chi connectivity index (χ4n) is 1.91. The summed E-state index contributed by atoms with van der Waals surface area (Å²) < 4.78 is 23.4. The molecule has 0 aliphatic carbocycles. The van der Waals surface area contributed by atoms with E-state index in [1.54, 1.807) is 7.11 Å². The molecule has 0 aliphatic rings. The van der Waals surface area contributed by atoms with Crippen molar-refractivity contribution in [1.29, 1.82) is 0 Å². The average molecular weight is 269 g/mol. The van der Waals surface area contributed by atoms with E-state index in [1.807, 2.05) is 12.1 Å². The highest BCUT2D eigenvalue weighted by Gasteiger charge is 2.11. The Bertz CT molecular complexity index is 329. The van der Waals surface area contributed by atoms with Crippen molar-refractivity contribution in [3.05, 3.63) is 35.6 Å². The molecule has 3 nitrogen and oxygen atoms in total. The van der Waals surface area contributed by atoms with Crippen LogP contribution in [0.15, 0.2) is 24.3 Å². The SMILES string of the molecule is CCNCC(CCOCCOC)c1ccc(F)cc1. The molecule has 0 amide bonds. The van der Waals surface area contributed by atoms with Crippen LogP contribution in [0.5, 0.6) is 0 Å². The molecule has 1 N–H and O–H groups in total. The summed E-state index contributed by atoms with van der Waals surface area (Å²) in [6.07, 6.45) is 0.919. The highest BCUT2D eigenvalue weighted by Crippen LogP contribution is 2.19. The van der Waals surface area contributed by atoms with E-state index in [1.165, 1.54) is 12.1 Å². The predicted molar refractivity (Wildman–Crippen MR) is 75.0 cm³/mol. The number of hydrogen-bond donors (Lipinski definition) is 1. The molecule has 1 aromatic rings. The lowest BCUT2D eigenvalue weighted by Gasteiger charge is -2.18. The van der Waals surface area contributed by atoms with Gasteiger partial charge in [-0.15, -0.1) is 0 Å². The summed E-state index contributed by atoms with van der Waals surface area (Å²) in [5, 5.41) is 3.34. The summed E-state index contributed by atoms with van der Waals surface area (Å²) in [4.78, 5) is 0. The Morgan fingerprint density at radius 2 is 1.89 bits per heavy atom. The Morgan fingerprint density at radius 1 is 1.16 bits per heavy atom. The molecule has 4 heteroatoms. The molecule has 1 rings (SSSR count). The molecule has 0 aromatic heterocycles. The van der Waals surface area contributed by atoms with E-state index in [-0.39, 0.29) is 5.82 Å². The standard InChI is InChI=1S/C15H24FNO2/c1-3-17-12-14(8-9-19-11-10-18-2)13-4-6-15(16)7-5-13/h4-7,14,17H,3,8-12H2,1-2H3. The number of rotatable bonds is 10. The van der Waals surface area contributed by atoms with E-state index in [0.29, 0.717) is 25.7 Å². The van der Waals surface area contributed by atoms with Crippen LogP contribution < -0.4 is 5.32 Å². The molecule has 1 atom stereocenters. The first kappa shape index (κ1) is 16.1. The quantitative estimate of drug-likeness (QED) is 0.662. The molecule has 0 fully saturated rings. The Morgan fingerprint density at radius 3 is 2.53 bits per heavy atom. The van der Waals surface area contributed by atoms with Crippen LogP contribution in [-0.4, -0.2) is 40.0 Å². The molecular formula is C15H24FNO2. The van der Waals surface area contributed by atoms with E-state index < -0.39 is 0 Å². The zero-order chi connectivity index (χ0) is 13.9. The second-order valence-electron chi connectivity index (χ2n) is 4.45. The molecule has 0 bridgehead atoms. The molecule has 0 spiro atoms. The van der Waals surface area contributed by atoms with Crippen LogP contribution in [0.3, 0.4) is 0 Å². The first-order valence-corrected chi connectivity index (χ1v) is 6.80. The van der Waals surface area contributed by atoms with Crippen molar-refractivity contribution in [2.75, 3.05) is 40.0 Å². The van der Waals surface area contributed by atoms with E-state index in [0.717, 1.165) is 25.1 Å². The largest absolute Gasteiger partial charge is 0.382 e. The van der Waals surface area contributed by atoms with Gasteiger partial charge in [-0.3, -0.25) is 0 Å². The van der Waals surface area contributed by atoms with Crippen LogP contribution in [0.2, 0.25) is 0 Å². The maximum atomic E-state index is 12.9. The molecule has 19 heavy (non-hydrogen) atoms. The monoisotopic (exact) mass is 269 g/mol. The van der Waals surface area contributed by atoms with Crippen molar-refractivity contribution in [2.24, 2.45) is 0 Å². The number of benzene rings is 1. The normalized spacial score (nSPS) is 12.6. The highest BCUT2D eigenvalue weighted by atomic mass is 19.1. The first-order chi connectivity index (χ1) is 9.27. The van der Waals surface area contributed by atoms with Crippen LogP contribution in [0.25, 0.3) is 0 Å². The van der Waals surface area contributed by atoms with Gasteiger partial charge in [0, 0.05) is 20.3 Å². The molecule has 1 aromatic carbocycles. The minimum Gasteiger partial charge on any atom is -0.382 e. The van der Waals surface area contributed by atoms with Crippen molar-refractivity contribution >= 4 is 0 Å². The van der Waals surface area contributed by atoms with Crippen LogP contribution in [0, 0.1) is 5.82 Å². The molecule has 0 saturated heterocycles. The van der Waals surface area contributed by atoms with Gasteiger partial charge in [0.05, 0.1) is 13.2 Å². The molecule has 0 radical (unpaired) electrons. The lowest BCUT2D eigenvalue weighted by molar-refractivity contribution is 0.0670. The van der Waals surface area contributed by atoms with Gasteiger partial charge >= 0.3 is 0 Å². The fourth-order valence-corrected chi connectivity index (χ4v) is 1.91. The zero-order valence-electron chi connectivity index (χ0n) is 11.8. The fraction of sp³-hybridized carbons (Fsp3) is 0.600. The molecule has 0 saturated carbocycles. The lowest BCUT2D eigenvalue weighted by atomic mass is 9.96. The second kappa shape index (κ2) is 9.89. The van der Waals surface area contributed by atoms with Crippen LogP contribution in [0.1, 0.15) is 24.8 Å². The lowest BCUT2D eigenvalue weighted by Crippen LogP contribution is -2.22. The smallest absolute Gasteiger partial charge is 0.123 e. The van der Waals surface area contributed by atoms with Gasteiger partial charge in [0.1, 0.15) is 5.82 Å². The molecule has 108 valence electrons. The van der Waals surface area contributed by atoms with Gasteiger partial charge in [0.25, 0.3) is 0 Å². The van der Waals surface area contributed by atoms with E-state index in [4.69, 9.17) is 9.47 Å². The number of likely N-dealkylation sites (N-methyl/N-ethyl adjacent to an activating group) is 1. The third kappa shape index (κ3) is 6.66. The minimum absolute atomic E-state index is 0.192. The predicted octanol–water partition coefficient (Wildman–Crippen LogP) is 2.57. The van der Waals surface area contributed by atoms with E-state index in [9.17, 15) is 4.39 Å². The van der Waals surface area contributed by atoms with E-state index >= 15 is 0 Å². The van der Waals surface area contributed by atoms with Crippen LogP contribution >= 0.6 is 0 Å². The van der Waals surface area contributed by atoms with Gasteiger partial charge in [-0.05, 0) is 36.6 Å². The van der Waals surface area contributed by atoms with Gasteiger partial charge in [-0.2, -0.15) is 0 Å². The van der Waals surface area contributed by atoms with Gasteiger partial charge < -0.3 is 14.8 Å². The summed E-state index contributed by atoms with van der Waals surface area (Å²) in [5.41, 5.74) is 1.15. The third-order valence-corrected chi connectivity index (χ3v) is 3.02. The Labute approximate surface area is 115 Å². The summed E-state index contributed by atoms with van der Waals surface area (Å²) in [6, 6.07) is 6.74. The maximum Gasteiger partial charge on any atom is 0.123 e. The number of hydrogen-bond acceptors (Lipinski definition) is 3. The Kier molecular flexibility index (Phi) is 8.38. The molecule has 1 unspecified atom stereocenters. The van der Waals surface area contributed by atoms with Gasteiger partial charge in [-0.1, -0.05) is 19.1 Å². The molecule has 0 heterocycles. The Balaban J connectivity index is 2.44. The molecule has 0 aliphatic heterocycles. The topological polar surface area (TPSA) is 30.5 Å². The number of ether oxygens (including phenoxy) is 2. The van der Waals surface area contributed by atoms with Crippen molar-refractivity contribution in [2.45, 2.75) is 19.3 Å². The maximum absolute atomic E-state index is 12.9. The van der Waals surface area contributed by atoms with Gasteiger partial charge in [0.15, 0.2) is 0 Å². The van der Waals surface area contributed by atoms with Crippen molar-refractivity contribution < 1.29 is 13.9 Å². The van der Waals surface area contributed by atoms with Gasteiger partial charge in [0.2, 0.25) is 0 Å². The number of nitrogens with one attached hydrogen (secondary N) is 1. The minimum atomic E-state index is -0.192. The Hall–Kier alpha value is -0.970. The van der Waals surface area contributed by atoms with Gasteiger partial charge in [-0.25, -0.2) is 4.39 Å². The summed E-state index contributed by atoms with van der Waals surface area (Å²) in [6.45, 7) is 5.83. The third-order valence-electron chi connectivity index (χ3n) is 3.02. The van der Waals surface area contributed by atoms with Crippen molar-refractivity contribution in [1.82, 2.24) is 5.32 Å². The van der Waals surface area contributed by atoms with Crippen molar-refractivity contribution in [3.8, 4) is 0 Å². The number of halogens is 1. The summed E-state index contributed by atoms with van der Waals surface area (Å²) >= 11 is 0. The van der Waals surface area contributed by atoms with Crippen LogP contribution in [0.4, 0.5) is 4.39 Å². The second-order valence-corrected chi connectivity index (χ2v) is 4.45. The van der Waals surface area contributed by atoms with Crippen LogP contribution in [-0.2, 0) is 9.47 Å². The summed E-state index contributed by atoms with van der Waals surface area (Å²) in [5.74, 6) is 0.158. The molecular weight excluding hydrogens is 245 g/mol. The number of methoxy groups -OCH3 is 1. The van der Waals surface area contributed by atoms with Crippen molar-refractivity contribution in [3.63, 3.8) is 0 Å². The first-order valence-electron chi connectivity index (χ1n) is 6.80. The van der Waals surface area contributed by atoms with E-state index in [2.05, 4.69) is 12.2 Å². The highest BCUT2D eigenvalue weighted by molar-refractivity contribution is 5.20. The zero-order valence-corrected chi connectivity index (χ0v) is 11.8. The summed E-state index contributed by atoms with van der Waals surface area (Å²) in [7, 11) is 1.66.